The fraction of sp³-hybridized carbons (Fsp3) is 0.200. The van der Waals surface area contributed by atoms with Gasteiger partial charge in [-0.25, -0.2) is 0 Å². The number of hydrogen-bond donors (Lipinski definition) is 0. The van der Waals surface area contributed by atoms with Crippen molar-refractivity contribution in [2.75, 3.05) is 4.90 Å². The normalized spacial score (nSPS) is 16.4. The lowest BCUT2D eigenvalue weighted by atomic mass is 9.55. The van der Waals surface area contributed by atoms with Crippen LogP contribution in [0.4, 0.5) is 17.1 Å². The maximum Gasteiger partial charge on any atom is 0.0468 e. The van der Waals surface area contributed by atoms with E-state index < -0.39 is 0 Å². The van der Waals surface area contributed by atoms with Gasteiger partial charge in [-0.15, -0.1) is 11.3 Å². The molecular weight excluding hydrogens is 587 g/mol. The van der Waals surface area contributed by atoms with Crippen molar-refractivity contribution in [2.45, 2.75) is 57.8 Å². The third-order valence-corrected chi connectivity index (χ3v) is 13.0. The van der Waals surface area contributed by atoms with E-state index in [2.05, 4.69) is 174 Å². The number of fused-ring (bicyclic) bond motifs is 9. The first-order chi connectivity index (χ1) is 22.6. The van der Waals surface area contributed by atoms with Crippen molar-refractivity contribution in [1.82, 2.24) is 0 Å². The van der Waals surface area contributed by atoms with Crippen molar-refractivity contribution in [1.29, 1.82) is 0 Å². The molecule has 2 aliphatic rings. The van der Waals surface area contributed by atoms with Crippen LogP contribution in [0.2, 0.25) is 0 Å². The molecule has 7 aromatic rings. The maximum atomic E-state index is 2.54. The Bertz CT molecular complexity index is 2390. The van der Waals surface area contributed by atoms with Gasteiger partial charge in [0.05, 0.1) is 0 Å². The van der Waals surface area contributed by atoms with Crippen molar-refractivity contribution < 1.29 is 0 Å². The highest BCUT2D eigenvalue weighted by atomic mass is 32.1. The Morgan fingerprint density at radius 2 is 0.979 bits per heavy atom. The quantitative estimate of drug-likeness (QED) is 0.189. The maximum absolute atomic E-state index is 2.54. The van der Waals surface area contributed by atoms with Gasteiger partial charge in [0, 0.05) is 42.6 Å². The zero-order valence-electron chi connectivity index (χ0n) is 28.0. The van der Waals surface area contributed by atoms with Crippen LogP contribution in [0, 0.1) is 0 Å². The summed E-state index contributed by atoms with van der Waals surface area (Å²) in [5, 5.41) is 2.64. The third-order valence-electron chi connectivity index (χ3n) is 11.8. The molecule has 2 aliphatic carbocycles. The minimum absolute atomic E-state index is 0.0106. The summed E-state index contributed by atoms with van der Waals surface area (Å²) in [6.07, 6.45) is 0. The molecule has 1 aromatic heterocycles. The Hall–Kier alpha value is -4.66. The third kappa shape index (κ3) is 3.88. The number of benzene rings is 6. The first-order valence-electron chi connectivity index (χ1n) is 16.8. The van der Waals surface area contributed by atoms with Crippen molar-refractivity contribution in [3.8, 4) is 22.3 Å². The Labute approximate surface area is 282 Å². The van der Waals surface area contributed by atoms with E-state index in [4.69, 9.17) is 0 Å². The lowest BCUT2D eigenvalue weighted by Gasteiger charge is -2.48. The molecule has 0 N–H and O–H groups in total. The van der Waals surface area contributed by atoms with Gasteiger partial charge in [-0.3, -0.25) is 0 Å². The SMILES string of the molecule is CC1(C)c2cc(N(c3ccccc3)c3ccc4sc5ccccc5c4c3)ccc2-c2cc3c(cc21)-c1ccccc1C(C)(C)C3(C)C. The van der Waals surface area contributed by atoms with Crippen LogP contribution in [0.25, 0.3) is 42.4 Å². The Balaban J connectivity index is 1.23. The molecule has 0 bridgehead atoms. The molecule has 0 amide bonds. The number of rotatable bonds is 3. The van der Waals surface area contributed by atoms with Gasteiger partial charge in [-0.05, 0) is 116 Å². The van der Waals surface area contributed by atoms with Gasteiger partial charge < -0.3 is 4.90 Å². The molecule has 2 heteroatoms. The van der Waals surface area contributed by atoms with E-state index in [9.17, 15) is 0 Å². The van der Waals surface area contributed by atoms with Gasteiger partial charge in [0.1, 0.15) is 0 Å². The van der Waals surface area contributed by atoms with E-state index in [1.807, 2.05) is 11.3 Å². The summed E-state index contributed by atoms with van der Waals surface area (Å²) in [6.45, 7) is 14.5. The molecule has 230 valence electrons. The van der Waals surface area contributed by atoms with Crippen LogP contribution in [0.3, 0.4) is 0 Å². The average molecular weight is 626 g/mol. The van der Waals surface area contributed by atoms with E-state index in [0.717, 1.165) is 5.69 Å². The van der Waals surface area contributed by atoms with Crippen molar-refractivity contribution in [3.05, 3.63) is 150 Å². The van der Waals surface area contributed by atoms with E-state index in [1.54, 1.807) is 0 Å². The molecule has 1 nitrogen and oxygen atoms in total. The van der Waals surface area contributed by atoms with Gasteiger partial charge >= 0.3 is 0 Å². The standard InChI is InChI=1S/C45H39NS/c1-43(2)38-25-30(46(28-14-8-7-9-15-28)29-21-23-42-36(24-29)33-17-11-13-19-41(33)47-42)20-22-32(38)34-27-40-35(26-39(34)43)31-16-10-12-18-37(31)44(3,4)45(40,5)6/h7-27H,1-6H3. The van der Waals surface area contributed by atoms with E-state index >= 15 is 0 Å². The topological polar surface area (TPSA) is 3.24 Å². The first-order valence-corrected chi connectivity index (χ1v) is 17.6. The Kier molecular flexibility index (Phi) is 5.88. The predicted octanol–water partition coefficient (Wildman–Crippen LogP) is 13.1. The molecule has 0 aliphatic heterocycles. The first kappa shape index (κ1) is 28.6. The fourth-order valence-electron chi connectivity index (χ4n) is 8.46. The van der Waals surface area contributed by atoms with Crippen LogP contribution in [0.15, 0.2) is 127 Å². The second kappa shape index (κ2) is 9.69. The van der Waals surface area contributed by atoms with Gasteiger partial charge in [-0.1, -0.05) is 108 Å². The molecule has 0 radical (unpaired) electrons. The molecule has 1 heterocycles. The highest BCUT2D eigenvalue weighted by Crippen LogP contribution is 2.58. The smallest absolute Gasteiger partial charge is 0.0468 e. The number of thiophene rings is 1. The molecule has 0 atom stereocenters. The molecule has 0 saturated carbocycles. The van der Waals surface area contributed by atoms with Gasteiger partial charge in [0.15, 0.2) is 0 Å². The minimum atomic E-state index is -0.141. The summed E-state index contributed by atoms with van der Waals surface area (Å²) in [5.74, 6) is 0. The minimum Gasteiger partial charge on any atom is -0.310 e. The second-order valence-corrected chi connectivity index (χ2v) is 16.1. The van der Waals surface area contributed by atoms with Crippen molar-refractivity contribution >= 4 is 48.6 Å². The molecule has 0 saturated heterocycles. The van der Waals surface area contributed by atoms with Gasteiger partial charge in [-0.2, -0.15) is 0 Å². The van der Waals surface area contributed by atoms with Crippen LogP contribution in [-0.4, -0.2) is 0 Å². The van der Waals surface area contributed by atoms with E-state index in [1.165, 1.54) is 76.1 Å². The van der Waals surface area contributed by atoms with Crippen LogP contribution >= 0.6 is 11.3 Å². The summed E-state index contributed by atoms with van der Waals surface area (Å²) in [4.78, 5) is 2.43. The highest BCUT2D eigenvalue weighted by Gasteiger charge is 2.47. The zero-order chi connectivity index (χ0) is 32.3. The Morgan fingerprint density at radius 3 is 1.81 bits per heavy atom. The summed E-state index contributed by atoms with van der Waals surface area (Å²) in [5.41, 5.74) is 14.6. The molecule has 47 heavy (non-hydrogen) atoms. The van der Waals surface area contributed by atoms with Crippen LogP contribution in [0.1, 0.15) is 63.8 Å². The monoisotopic (exact) mass is 625 g/mol. The molecule has 0 spiro atoms. The zero-order valence-corrected chi connectivity index (χ0v) is 28.8. The van der Waals surface area contributed by atoms with Crippen LogP contribution < -0.4 is 4.90 Å². The lowest BCUT2D eigenvalue weighted by Crippen LogP contribution is -2.43. The molecule has 0 unspecified atom stereocenters. The predicted molar refractivity (Wildman–Crippen MR) is 203 cm³/mol. The van der Waals surface area contributed by atoms with Gasteiger partial charge in [0.25, 0.3) is 0 Å². The number of hydrogen-bond acceptors (Lipinski definition) is 2. The van der Waals surface area contributed by atoms with Crippen LogP contribution in [0.5, 0.6) is 0 Å². The van der Waals surface area contributed by atoms with Crippen LogP contribution in [-0.2, 0) is 16.2 Å². The van der Waals surface area contributed by atoms with E-state index in [0.29, 0.717) is 0 Å². The molecule has 9 rings (SSSR count). The second-order valence-electron chi connectivity index (χ2n) is 15.0. The molecular formula is C45H39NS. The lowest BCUT2D eigenvalue weighted by molar-refractivity contribution is 0.299. The average Bonchev–Trinajstić information content (AvgIpc) is 3.55. The number of anilines is 3. The largest absolute Gasteiger partial charge is 0.310 e. The number of para-hydroxylation sites is 1. The molecule has 0 fully saturated rings. The van der Waals surface area contributed by atoms with Crippen molar-refractivity contribution in [2.24, 2.45) is 0 Å². The Morgan fingerprint density at radius 1 is 0.404 bits per heavy atom. The fourth-order valence-corrected chi connectivity index (χ4v) is 9.55. The summed E-state index contributed by atoms with van der Waals surface area (Å²) in [6, 6.07) is 47.9. The number of nitrogens with zero attached hydrogens (tertiary/aromatic N) is 1. The summed E-state index contributed by atoms with van der Waals surface area (Å²) >= 11 is 1.87. The van der Waals surface area contributed by atoms with Gasteiger partial charge in [0.2, 0.25) is 0 Å². The molecule has 6 aromatic carbocycles. The summed E-state index contributed by atoms with van der Waals surface area (Å²) in [7, 11) is 0. The van der Waals surface area contributed by atoms with E-state index in [-0.39, 0.29) is 16.2 Å². The highest BCUT2D eigenvalue weighted by molar-refractivity contribution is 7.25. The van der Waals surface area contributed by atoms with Crippen molar-refractivity contribution in [3.63, 3.8) is 0 Å². The summed E-state index contributed by atoms with van der Waals surface area (Å²) < 4.78 is 2.66.